The van der Waals surface area contributed by atoms with Crippen molar-refractivity contribution in [3.8, 4) is 35.4 Å². The molecule has 0 bridgehead atoms. The summed E-state index contributed by atoms with van der Waals surface area (Å²) in [6.07, 6.45) is 21.4. The van der Waals surface area contributed by atoms with Gasteiger partial charge in [0.1, 0.15) is 58.9 Å². The molecule has 12 rings (SSSR count). The summed E-state index contributed by atoms with van der Waals surface area (Å²) in [4.78, 5) is 118. The number of imidazole rings is 3. The van der Waals surface area contributed by atoms with Crippen LogP contribution >= 0.6 is 15.9 Å². The minimum atomic E-state index is -1.14. The van der Waals surface area contributed by atoms with Gasteiger partial charge in [-0.1, -0.05) is 153 Å². The molecule has 3 aromatic heterocycles. The molecular formula is C93H128BrN13O13Si. The third-order valence-corrected chi connectivity index (χ3v) is 24.9. The maximum Gasteiger partial charge on any atom is 0.410 e. The number of allylic oxidation sites excluding steroid dienone is 1. The quantitative estimate of drug-likeness (QED) is 0.0182. The number of ether oxygens (including phenoxy) is 5. The van der Waals surface area contributed by atoms with Gasteiger partial charge < -0.3 is 63.8 Å². The van der Waals surface area contributed by atoms with E-state index in [2.05, 4.69) is 168 Å². The Morgan fingerprint density at radius 3 is 1.72 bits per heavy atom. The first-order chi connectivity index (χ1) is 56.9. The number of benzene rings is 4. The van der Waals surface area contributed by atoms with Gasteiger partial charge in [0.15, 0.2) is 0 Å². The Balaban J connectivity index is 0.000000223. The van der Waals surface area contributed by atoms with E-state index in [1.807, 2.05) is 114 Å². The van der Waals surface area contributed by atoms with Crippen LogP contribution in [-0.2, 0) is 44.8 Å². The van der Waals surface area contributed by atoms with Crippen LogP contribution in [0.5, 0.6) is 0 Å². The molecule has 0 aliphatic carbocycles. The second kappa shape index (κ2) is 43.5. The SMILES string of the molecule is C.C#Cc1cn(COCC[Si](C)(C)C)c([C@@H]2CCCN2C(=O)OC(C)(C)C)n1.CC(C)(C)OC(=O)N1CCC[C@H]1c1ncc(-c2ccc3cc(Br)ccc3c2)[nH]1.CC[C@H](C)[C@H](C)C(=O)N1CCC[C@H]1c1ncc(C#Cc2ccc3cc(C4=CN=C([C@@H]5CCCN5C(=O)[C@@H](NC(=O)OC)[C@@H](C)CC)C4)ccc3c2)[nH]1.CC[C@H](C)[C@H](NC(=O)OC)C(=O)O. The molecule has 5 aliphatic heterocycles. The Labute approximate surface area is 724 Å². The number of hydrogen-bond acceptors (Lipinski definition) is 16. The molecule has 28 heteroatoms. The maximum atomic E-state index is 13.7. The van der Waals surface area contributed by atoms with Crippen molar-refractivity contribution in [2.24, 2.45) is 28.7 Å². The molecule has 4 aromatic carbocycles. The number of H-pyrrole nitrogens is 2. The van der Waals surface area contributed by atoms with E-state index >= 15 is 0 Å². The minimum Gasteiger partial charge on any atom is -0.480 e. The average molecular weight is 1740 g/mol. The molecule has 0 saturated carbocycles. The highest BCUT2D eigenvalue weighted by atomic mass is 79.9. The highest BCUT2D eigenvalue weighted by Gasteiger charge is 2.42. The molecule has 5 aliphatic rings. The van der Waals surface area contributed by atoms with Gasteiger partial charge in [0.25, 0.3) is 0 Å². The fourth-order valence-corrected chi connectivity index (χ4v) is 16.3. The lowest BCUT2D eigenvalue weighted by atomic mass is 9.92. The Kier molecular flexibility index (Phi) is 34.5. The van der Waals surface area contributed by atoms with E-state index in [1.54, 1.807) is 22.9 Å². The lowest BCUT2D eigenvalue weighted by Crippen LogP contribution is -2.54. The number of fused-ring (bicyclic) bond motifs is 2. The van der Waals surface area contributed by atoms with Gasteiger partial charge >= 0.3 is 30.3 Å². The Morgan fingerprint density at radius 2 is 1.13 bits per heavy atom. The van der Waals surface area contributed by atoms with Gasteiger partial charge in [-0.25, -0.2) is 38.9 Å². The minimum absolute atomic E-state index is 0. The summed E-state index contributed by atoms with van der Waals surface area (Å²) in [6.45, 7) is 36.1. The number of aliphatic imine (C=N–C) groups is 1. The number of carbonyl (C=O) groups is 7. The van der Waals surface area contributed by atoms with Crippen LogP contribution in [-0.4, -0.2) is 186 Å². The number of likely N-dealkylation sites (tertiary alicyclic amines) is 4. The summed E-state index contributed by atoms with van der Waals surface area (Å²) < 4.78 is 29.1. The van der Waals surface area contributed by atoms with Crippen molar-refractivity contribution in [1.29, 1.82) is 0 Å². The predicted molar refractivity (Wildman–Crippen MR) is 481 cm³/mol. The van der Waals surface area contributed by atoms with E-state index in [0.717, 1.165) is 155 Å². The molecule has 121 heavy (non-hydrogen) atoms. The first kappa shape index (κ1) is 96.2. The normalized spacial score (nSPS) is 18.5. The number of carbonyl (C=O) groups excluding carboxylic acids is 6. The third-order valence-electron chi connectivity index (χ3n) is 22.7. The fraction of sp³-hybridized carbons (Fsp3) is 0.538. The Hall–Kier alpha value is -10.3. The zero-order chi connectivity index (χ0) is 87.5. The van der Waals surface area contributed by atoms with Crippen molar-refractivity contribution < 1.29 is 62.4 Å². The molecule has 0 spiro atoms. The molecule has 5 N–H and O–H groups in total. The average Bonchev–Trinajstić information content (AvgIpc) is 1.73. The molecule has 4 fully saturated rings. The lowest BCUT2D eigenvalue weighted by molar-refractivity contribution is -0.141. The van der Waals surface area contributed by atoms with E-state index in [-0.39, 0.29) is 73.3 Å². The molecule has 7 aromatic rings. The number of aliphatic carboxylic acids is 1. The van der Waals surface area contributed by atoms with Gasteiger partial charge in [0, 0.05) is 86.9 Å². The highest BCUT2D eigenvalue weighted by molar-refractivity contribution is 9.10. The lowest BCUT2D eigenvalue weighted by Gasteiger charge is -2.31. The standard InChI is InChI=1S/C42H52N6O4.C22H24BrN3O2.C20H33N3O3Si.C8H15NO4.CH4/c1-7-26(3)28(5)40(49)48-20-10-12-37(48)39-44-25-34(45-39)18-14-29-13-15-31-22-32(17-16-30(31)21-29)33-23-35(43-24-33)36-11-9-19-47(36)41(50)38(27(4)8-2)46-42(51)52-6;1-22(2,3)28-21(27)26-10-4-5-19(26)20-24-13-18(25-20)16-7-6-15-12-17(23)9-8-14(15)11-16;1-8-16-14-22(15-25-12-13-27(5,6)7)18(21-16)17-10-9-11-23(17)19(24)26-20(2,3)4;1-4-5(2)6(7(10)11)9-8(12)13-3;/h13,15-17,21-22,24-28,36-38H,7-12,19-20,23H2,1-6H3,(H,44,45)(H,46,51);6-9,11-13,19H,4-5,10H2,1-3H3,(H,24,25);1,14,17H,9-13,15H2,2-7H3;5-6H,4H2,1-3H3,(H,9,12)(H,10,11);1H4/t26-,27-,28-,36-,37-,38-;19-;17-;5-,6-;/m0000./s1. The van der Waals surface area contributed by atoms with Crippen molar-refractivity contribution >= 4 is 99.0 Å². The van der Waals surface area contributed by atoms with E-state index < -0.39 is 49.5 Å². The number of amides is 6. The zero-order valence-electron chi connectivity index (χ0n) is 73.3. The van der Waals surface area contributed by atoms with Crippen molar-refractivity contribution in [2.45, 2.75) is 254 Å². The van der Waals surface area contributed by atoms with Gasteiger partial charge in [-0.05, 0) is 198 Å². The van der Waals surface area contributed by atoms with Crippen LogP contribution in [0.25, 0.3) is 38.4 Å². The number of aromatic nitrogens is 6. The number of alkyl carbamates (subject to hydrolysis) is 2. The monoisotopic (exact) mass is 1740 g/mol. The summed E-state index contributed by atoms with van der Waals surface area (Å²) in [7, 11) is 1.38. The molecule has 654 valence electrons. The number of carboxylic acid groups (broad SMARTS) is 1. The summed E-state index contributed by atoms with van der Waals surface area (Å²) in [6, 6.07) is 24.5. The predicted octanol–water partition coefficient (Wildman–Crippen LogP) is 19.0. The highest BCUT2D eigenvalue weighted by Crippen LogP contribution is 2.39. The molecule has 8 heterocycles. The largest absolute Gasteiger partial charge is 0.480 e. The van der Waals surface area contributed by atoms with E-state index in [0.29, 0.717) is 50.8 Å². The van der Waals surface area contributed by atoms with Crippen LogP contribution in [0.2, 0.25) is 25.7 Å². The maximum absolute atomic E-state index is 13.7. The summed E-state index contributed by atoms with van der Waals surface area (Å²) in [5, 5.41) is 18.3. The van der Waals surface area contributed by atoms with Gasteiger partial charge in [-0.2, -0.15) is 0 Å². The fourth-order valence-electron chi connectivity index (χ4n) is 15.1. The smallest absolute Gasteiger partial charge is 0.410 e. The van der Waals surface area contributed by atoms with Gasteiger partial charge in [0.2, 0.25) is 11.8 Å². The molecule has 4 saturated heterocycles. The first-order valence-electron chi connectivity index (χ1n) is 42.2. The van der Waals surface area contributed by atoms with Crippen LogP contribution in [0.15, 0.2) is 107 Å². The van der Waals surface area contributed by atoms with Crippen LogP contribution in [0.4, 0.5) is 19.2 Å². The van der Waals surface area contributed by atoms with Crippen LogP contribution in [0, 0.1) is 47.9 Å². The zero-order valence-corrected chi connectivity index (χ0v) is 75.9. The molecule has 26 nitrogen and oxygen atoms in total. The van der Waals surface area contributed by atoms with Crippen molar-refractivity contribution in [3.63, 3.8) is 0 Å². The topological polar surface area (TPSA) is 310 Å². The molecule has 6 amide bonds. The summed E-state index contributed by atoms with van der Waals surface area (Å²) in [5.41, 5.74) is 6.43. The van der Waals surface area contributed by atoms with Crippen LogP contribution in [0.1, 0.15) is 233 Å². The molecule has 10 atom stereocenters. The summed E-state index contributed by atoms with van der Waals surface area (Å²) >= 11 is 3.51. The third kappa shape index (κ3) is 26.4. The Morgan fingerprint density at radius 1 is 0.628 bits per heavy atom. The van der Waals surface area contributed by atoms with Crippen LogP contribution in [0.3, 0.4) is 0 Å². The number of methoxy groups -OCH3 is 2. The molecule has 0 unspecified atom stereocenters. The summed E-state index contributed by atoms with van der Waals surface area (Å²) in [5.74, 6) is 10.8. The number of nitrogens with one attached hydrogen (secondary N) is 4. The first-order valence-corrected chi connectivity index (χ1v) is 46.7. The Bertz CT molecular complexity index is 4920. The van der Waals surface area contributed by atoms with E-state index in [9.17, 15) is 33.6 Å². The molecule has 0 radical (unpaired) electrons. The van der Waals surface area contributed by atoms with E-state index in [1.165, 1.54) is 25.0 Å². The number of halogens is 1. The molecular weight excluding hydrogens is 1620 g/mol. The van der Waals surface area contributed by atoms with E-state index in [4.69, 9.17) is 35.5 Å². The van der Waals surface area contributed by atoms with Crippen LogP contribution < -0.4 is 10.6 Å². The van der Waals surface area contributed by atoms with Gasteiger partial charge in [-0.15, -0.1) is 6.42 Å². The second-order valence-electron chi connectivity index (χ2n) is 35.0. The number of nitrogens with zero attached hydrogens (tertiary/aromatic N) is 9. The second-order valence-corrected chi connectivity index (χ2v) is 41.6. The number of aromatic amines is 2. The van der Waals surface area contributed by atoms with Gasteiger partial charge in [0.05, 0.1) is 56.5 Å². The van der Waals surface area contributed by atoms with Crippen molar-refractivity contribution in [3.05, 3.63) is 142 Å². The number of rotatable bonds is 22. The van der Waals surface area contributed by atoms with Crippen molar-refractivity contribution in [1.82, 2.24) is 59.7 Å². The van der Waals surface area contributed by atoms with Crippen molar-refractivity contribution in [2.75, 3.05) is 47.0 Å². The number of terminal acetylenes is 1. The number of hydrogen-bond donors (Lipinski definition) is 5. The number of carboxylic acids is 1. The van der Waals surface area contributed by atoms with Gasteiger partial charge in [-0.3, -0.25) is 24.4 Å².